The third kappa shape index (κ3) is 6.09. The Morgan fingerprint density at radius 2 is 1.67 bits per heavy atom. The van der Waals surface area contributed by atoms with E-state index in [1.807, 2.05) is 115 Å². The second-order valence-corrected chi connectivity index (χ2v) is 11.3. The number of thiazole rings is 1. The molecule has 8 heteroatoms. The lowest BCUT2D eigenvalue weighted by molar-refractivity contribution is -0.138. The highest BCUT2D eigenvalue weighted by molar-refractivity contribution is 7.07. The lowest BCUT2D eigenvalue weighted by Crippen LogP contribution is -2.39. The first-order valence-corrected chi connectivity index (χ1v) is 15.0. The molecule has 5 aromatic rings. The third-order valence-electron chi connectivity index (χ3n) is 6.96. The Morgan fingerprint density at radius 3 is 2.37 bits per heavy atom. The molecule has 0 saturated heterocycles. The molecular weight excluding hydrogens is 580 g/mol. The van der Waals surface area contributed by atoms with E-state index in [9.17, 15) is 9.59 Å². The summed E-state index contributed by atoms with van der Waals surface area (Å²) >= 11 is 7.37. The minimum Gasteiger partial charge on any atom is -0.489 e. The Bertz CT molecular complexity index is 1980. The molecule has 43 heavy (non-hydrogen) atoms. The standard InChI is InChI=1S/C35H27ClN2O4S/c1-2-41-34(40)30-31(25-11-5-3-6-12-25)37-35-38(32(30)26-13-7-4-8-14-26)33(39)29(43-35)21-23-16-18-28(19-17-23)42-22-24-10-9-15-27(36)20-24/h3-21,32H,2,22H2,1H3/b29-21-/t32-/m1/s1. The highest BCUT2D eigenvalue weighted by Gasteiger charge is 2.35. The van der Waals surface area contributed by atoms with E-state index in [-0.39, 0.29) is 12.2 Å². The first-order chi connectivity index (χ1) is 21.0. The number of rotatable bonds is 8. The zero-order chi connectivity index (χ0) is 29.8. The largest absolute Gasteiger partial charge is 0.489 e. The number of fused-ring (bicyclic) bond motifs is 1. The van der Waals surface area contributed by atoms with Gasteiger partial charge in [-0.3, -0.25) is 9.36 Å². The van der Waals surface area contributed by atoms with Crippen molar-refractivity contribution < 1.29 is 14.3 Å². The second kappa shape index (κ2) is 12.7. The summed E-state index contributed by atoms with van der Waals surface area (Å²) in [6.45, 7) is 2.36. The first kappa shape index (κ1) is 28.4. The van der Waals surface area contributed by atoms with Crippen LogP contribution in [0.4, 0.5) is 0 Å². The molecular formula is C35H27ClN2O4S. The Balaban J connectivity index is 1.42. The fourth-order valence-electron chi connectivity index (χ4n) is 5.00. The first-order valence-electron chi connectivity index (χ1n) is 13.8. The Labute approximate surface area is 257 Å². The molecule has 0 bridgehead atoms. The summed E-state index contributed by atoms with van der Waals surface area (Å²) in [7, 11) is 0. The molecule has 0 saturated carbocycles. The molecule has 4 aromatic carbocycles. The van der Waals surface area contributed by atoms with E-state index in [0.717, 1.165) is 22.3 Å². The average Bonchev–Trinajstić information content (AvgIpc) is 3.35. The molecule has 2 heterocycles. The third-order valence-corrected chi connectivity index (χ3v) is 8.18. The van der Waals surface area contributed by atoms with E-state index in [1.165, 1.54) is 11.3 Å². The zero-order valence-corrected chi connectivity index (χ0v) is 24.8. The molecule has 0 fully saturated rings. The van der Waals surface area contributed by atoms with E-state index in [0.29, 0.717) is 38.0 Å². The maximum Gasteiger partial charge on any atom is 0.338 e. The van der Waals surface area contributed by atoms with Gasteiger partial charge in [-0.1, -0.05) is 108 Å². The minimum atomic E-state index is -0.698. The van der Waals surface area contributed by atoms with Crippen LogP contribution >= 0.6 is 22.9 Å². The highest BCUT2D eigenvalue weighted by atomic mass is 35.5. The summed E-state index contributed by atoms with van der Waals surface area (Å²) in [5.74, 6) is 0.204. The van der Waals surface area contributed by atoms with Gasteiger partial charge in [0, 0.05) is 10.6 Å². The number of nitrogens with zero attached hydrogens (tertiary/aromatic N) is 2. The van der Waals surface area contributed by atoms with Crippen molar-refractivity contribution in [3.8, 4) is 5.75 Å². The minimum absolute atomic E-state index is 0.204. The van der Waals surface area contributed by atoms with E-state index < -0.39 is 12.0 Å². The van der Waals surface area contributed by atoms with E-state index in [1.54, 1.807) is 11.5 Å². The van der Waals surface area contributed by atoms with Gasteiger partial charge in [-0.25, -0.2) is 9.79 Å². The van der Waals surface area contributed by atoms with Crippen LogP contribution in [-0.2, 0) is 16.1 Å². The molecule has 0 unspecified atom stereocenters. The van der Waals surface area contributed by atoms with Crippen molar-refractivity contribution in [3.63, 3.8) is 0 Å². The van der Waals surface area contributed by atoms with Gasteiger partial charge in [-0.05, 0) is 54.0 Å². The zero-order valence-electron chi connectivity index (χ0n) is 23.3. The van der Waals surface area contributed by atoms with Crippen molar-refractivity contribution in [3.05, 3.63) is 162 Å². The predicted molar refractivity (Wildman–Crippen MR) is 170 cm³/mol. The van der Waals surface area contributed by atoms with Gasteiger partial charge in [0.15, 0.2) is 4.80 Å². The molecule has 0 aliphatic carbocycles. The number of esters is 1. The summed E-state index contributed by atoms with van der Waals surface area (Å²) < 4.78 is 13.5. The van der Waals surface area contributed by atoms with Crippen LogP contribution in [0.2, 0.25) is 5.02 Å². The Kier molecular flexibility index (Phi) is 8.36. The maximum atomic E-state index is 14.0. The van der Waals surface area contributed by atoms with Crippen LogP contribution in [0.3, 0.4) is 0 Å². The number of benzene rings is 4. The molecule has 6 rings (SSSR count). The number of hydrogen-bond acceptors (Lipinski definition) is 6. The van der Waals surface area contributed by atoms with Crippen molar-refractivity contribution >= 4 is 40.7 Å². The molecule has 1 aliphatic heterocycles. The SMILES string of the molecule is CCOC(=O)C1=C(c2ccccc2)N=c2s/c(=C\c3ccc(OCc4cccc(Cl)c4)cc3)c(=O)n2[C@@H]1c1ccccc1. The lowest BCUT2D eigenvalue weighted by Gasteiger charge is -2.25. The van der Waals surface area contributed by atoms with Crippen LogP contribution < -0.4 is 19.6 Å². The average molecular weight is 607 g/mol. The molecule has 6 nitrogen and oxygen atoms in total. The summed E-state index contributed by atoms with van der Waals surface area (Å²) in [5.41, 5.74) is 3.99. The van der Waals surface area contributed by atoms with Crippen molar-refractivity contribution in [2.24, 2.45) is 4.99 Å². The lowest BCUT2D eigenvalue weighted by atomic mass is 9.93. The number of ether oxygens (including phenoxy) is 2. The second-order valence-electron chi connectivity index (χ2n) is 9.83. The van der Waals surface area contributed by atoms with Gasteiger partial charge in [0.05, 0.1) is 28.5 Å². The van der Waals surface area contributed by atoms with Crippen LogP contribution in [0, 0.1) is 0 Å². The van der Waals surface area contributed by atoms with E-state index in [4.69, 9.17) is 26.1 Å². The van der Waals surface area contributed by atoms with Crippen molar-refractivity contribution in [2.75, 3.05) is 6.61 Å². The Hall–Kier alpha value is -4.72. The molecule has 1 atom stereocenters. The van der Waals surface area contributed by atoms with Gasteiger partial charge in [-0.15, -0.1) is 0 Å². The summed E-state index contributed by atoms with van der Waals surface area (Å²) in [6, 6.07) is 33.4. The summed E-state index contributed by atoms with van der Waals surface area (Å²) in [6.07, 6.45) is 1.84. The van der Waals surface area contributed by atoms with Crippen molar-refractivity contribution in [1.29, 1.82) is 0 Å². The number of aromatic nitrogens is 1. The van der Waals surface area contributed by atoms with E-state index in [2.05, 4.69) is 0 Å². The normalized spacial score (nSPS) is 14.7. The number of carbonyl (C=O) groups is 1. The van der Waals surface area contributed by atoms with Gasteiger partial charge in [-0.2, -0.15) is 0 Å². The molecule has 0 N–H and O–H groups in total. The molecule has 1 aromatic heterocycles. The molecule has 214 valence electrons. The smallest absolute Gasteiger partial charge is 0.338 e. The molecule has 1 aliphatic rings. The van der Waals surface area contributed by atoms with Gasteiger partial charge < -0.3 is 9.47 Å². The maximum absolute atomic E-state index is 14.0. The molecule has 0 radical (unpaired) electrons. The summed E-state index contributed by atoms with van der Waals surface area (Å²) in [5, 5.41) is 0.665. The predicted octanol–water partition coefficient (Wildman–Crippen LogP) is 6.17. The highest BCUT2D eigenvalue weighted by Crippen LogP contribution is 2.35. The fraction of sp³-hybridized carbons (Fsp3) is 0.114. The fourth-order valence-corrected chi connectivity index (χ4v) is 6.21. The topological polar surface area (TPSA) is 69.9 Å². The number of hydrogen-bond donors (Lipinski definition) is 0. The van der Waals surface area contributed by atoms with Gasteiger partial charge in [0.2, 0.25) is 0 Å². The molecule has 0 spiro atoms. The van der Waals surface area contributed by atoms with Crippen molar-refractivity contribution in [1.82, 2.24) is 4.57 Å². The summed E-state index contributed by atoms with van der Waals surface area (Å²) in [4.78, 5) is 32.9. The van der Waals surface area contributed by atoms with Crippen LogP contribution in [0.25, 0.3) is 11.8 Å². The van der Waals surface area contributed by atoms with E-state index >= 15 is 0 Å². The van der Waals surface area contributed by atoms with Crippen molar-refractivity contribution in [2.45, 2.75) is 19.6 Å². The quantitative estimate of drug-likeness (QED) is 0.198. The number of carbonyl (C=O) groups excluding carboxylic acids is 1. The number of halogens is 1. The van der Waals surface area contributed by atoms with Crippen LogP contribution in [0.5, 0.6) is 5.75 Å². The van der Waals surface area contributed by atoms with Gasteiger partial charge in [0.1, 0.15) is 12.4 Å². The van der Waals surface area contributed by atoms with Crippen LogP contribution in [0.15, 0.2) is 125 Å². The van der Waals surface area contributed by atoms with Gasteiger partial charge in [0.25, 0.3) is 5.56 Å². The Morgan fingerprint density at radius 1 is 0.953 bits per heavy atom. The monoisotopic (exact) mass is 606 g/mol. The van der Waals surface area contributed by atoms with Crippen LogP contribution in [-0.4, -0.2) is 17.1 Å². The van der Waals surface area contributed by atoms with Gasteiger partial charge >= 0.3 is 5.97 Å². The molecule has 0 amide bonds. The van der Waals surface area contributed by atoms with Crippen LogP contribution in [0.1, 0.15) is 35.2 Å².